The molecule has 6 nitrogen and oxygen atoms in total. The first-order chi connectivity index (χ1) is 14.6. The summed E-state index contributed by atoms with van der Waals surface area (Å²) in [5.41, 5.74) is 6.79. The Morgan fingerprint density at radius 2 is 2.03 bits per heavy atom. The first-order valence-electron chi connectivity index (χ1n) is 10.5. The second-order valence-electron chi connectivity index (χ2n) is 8.64. The molecule has 7 heteroatoms. The van der Waals surface area contributed by atoms with Gasteiger partial charge in [-0.3, -0.25) is 4.79 Å². The van der Waals surface area contributed by atoms with Crippen LogP contribution in [0.2, 0.25) is 0 Å². The van der Waals surface area contributed by atoms with Gasteiger partial charge in [0.1, 0.15) is 5.58 Å². The summed E-state index contributed by atoms with van der Waals surface area (Å²) in [6, 6.07) is 9.81. The lowest BCUT2D eigenvalue weighted by Gasteiger charge is -2.28. The summed E-state index contributed by atoms with van der Waals surface area (Å²) in [4.78, 5) is 12.9. The van der Waals surface area contributed by atoms with Gasteiger partial charge in [-0.2, -0.15) is 4.31 Å². The minimum absolute atomic E-state index is 0.117. The highest BCUT2D eigenvalue weighted by Crippen LogP contribution is 2.30. The molecule has 1 aliphatic rings. The predicted molar refractivity (Wildman–Crippen MR) is 123 cm³/mol. The molecule has 0 saturated carbocycles. The minimum Gasteiger partial charge on any atom is -0.464 e. The maximum atomic E-state index is 12.9. The molecule has 0 unspecified atom stereocenters. The number of furan rings is 1. The molecule has 4 rings (SSSR count). The molecule has 1 N–H and O–H groups in total. The lowest BCUT2D eigenvalue weighted by Crippen LogP contribution is -2.35. The average Bonchev–Trinajstić information content (AvgIpc) is 3.07. The van der Waals surface area contributed by atoms with Crippen LogP contribution in [-0.2, 0) is 34.2 Å². The Bertz CT molecular complexity index is 1260. The van der Waals surface area contributed by atoms with Crippen molar-refractivity contribution in [1.29, 1.82) is 0 Å². The SMILES string of the molecule is Cc1cc2occ(CC(=O)Nc3cccc4c3CCN(S(C)(=O)=O)C4)c2cc1C(C)C. The molecule has 0 radical (unpaired) electrons. The Morgan fingerprint density at radius 3 is 2.74 bits per heavy atom. The number of benzene rings is 2. The summed E-state index contributed by atoms with van der Waals surface area (Å²) >= 11 is 0. The molecule has 164 valence electrons. The van der Waals surface area contributed by atoms with Crippen molar-refractivity contribution in [3.05, 3.63) is 64.4 Å². The van der Waals surface area contributed by atoms with Crippen LogP contribution in [0.4, 0.5) is 5.69 Å². The minimum atomic E-state index is -3.24. The zero-order valence-electron chi connectivity index (χ0n) is 18.4. The number of amides is 1. The number of rotatable bonds is 5. The second-order valence-corrected chi connectivity index (χ2v) is 10.6. The molecular weight excluding hydrogens is 412 g/mol. The summed E-state index contributed by atoms with van der Waals surface area (Å²) < 4.78 is 30.9. The fourth-order valence-corrected chi connectivity index (χ4v) is 5.15. The molecular formula is C24H28N2O4S. The van der Waals surface area contributed by atoms with Crippen LogP contribution in [0.5, 0.6) is 0 Å². The van der Waals surface area contributed by atoms with E-state index in [0.29, 0.717) is 25.4 Å². The van der Waals surface area contributed by atoms with E-state index in [0.717, 1.165) is 33.3 Å². The molecule has 0 atom stereocenters. The third kappa shape index (κ3) is 4.38. The van der Waals surface area contributed by atoms with Crippen LogP contribution in [0, 0.1) is 6.92 Å². The van der Waals surface area contributed by atoms with Crippen molar-refractivity contribution in [2.45, 2.75) is 46.1 Å². The number of hydrogen-bond donors (Lipinski definition) is 1. The van der Waals surface area contributed by atoms with Crippen molar-refractivity contribution in [2.24, 2.45) is 0 Å². The predicted octanol–water partition coefficient (Wildman–Crippen LogP) is 4.36. The van der Waals surface area contributed by atoms with Crippen molar-refractivity contribution < 1.29 is 17.6 Å². The van der Waals surface area contributed by atoms with E-state index in [1.807, 2.05) is 24.3 Å². The normalized spacial score (nSPS) is 14.7. The summed E-state index contributed by atoms with van der Waals surface area (Å²) in [5.74, 6) is 0.275. The van der Waals surface area contributed by atoms with Crippen LogP contribution in [0.1, 0.15) is 47.6 Å². The molecule has 0 spiro atoms. The summed E-state index contributed by atoms with van der Waals surface area (Å²) in [7, 11) is -3.24. The first kappa shape index (κ1) is 21.6. The lowest BCUT2D eigenvalue weighted by atomic mass is 9.95. The topological polar surface area (TPSA) is 79.6 Å². The number of nitrogens with zero attached hydrogens (tertiary/aromatic N) is 1. The molecule has 0 saturated heterocycles. The first-order valence-corrected chi connectivity index (χ1v) is 12.3. The highest BCUT2D eigenvalue weighted by atomic mass is 32.2. The van der Waals surface area contributed by atoms with Crippen LogP contribution in [-0.4, -0.2) is 31.4 Å². The Kier molecular flexibility index (Phi) is 5.66. The quantitative estimate of drug-likeness (QED) is 0.639. The van der Waals surface area contributed by atoms with E-state index in [2.05, 4.69) is 32.2 Å². The van der Waals surface area contributed by atoms with Crippen LogP contribution in [0.25, 0.3) is 11.0 Å². The fourth-order valence-electron chi connectivity index (χ4n) is 4.35. The molecule has 1 aliphatic heterocycles. The number of sulfonamides is 1. The number of hydrogen-bond acceptors (Lipinski definition) is 4. The number of anilines is 1. The Morgan fingerprint density at radius 1 is 1.26 bits per heavy atom. The van der Waals surface area contributed by atoms with Crippen LogP contribution in [0.3, 0.4) is 0 Å². The van der Waals surface area contributed by atoms with Gasteiger partial charge in [0.25, 0.3) is 0 Å². The van der Waals surface area contributed by atoms with Gasteiger partial charge in [0, 0.05) is 29.7 Å². The van der Waals surface area contributed by atoms with Crippen LogP contribution in [0.15, 0.2) is 41.0 Å². The number of fused-ring (bicyclic) bond motifs is 2. The maximum Gasteiger partial charge on any atom is 0.228 e. The number of aryl methyl sites for hydroxylation is 1. The third-order valence-corrected chi connectivity index (χ3v) is 7.24. The van der Waals surface area contributed by atoms with Crippen LogP contribution < -0.4 is 5.32 Å². The molecule has 2 aromatic carbocycles. The van der Waals surface area contributed by atoms with Crippen molar-refractivity contribution in [1.82, 2.24) is 4.31 Å². The fraction of sp³-hybridized carbons (Fsp3) is 0.375. The van der Waals surface area contributed by atoms with Gasteiger partial charge in [-0.25, -0.2) is 8.42 Å². The Labute approximate surface area is 183 Å². The van der Waals surface area contributed by atoms with Gasteiger partial charge in [0.15, 0.2) is 0 Å². The molecule has 31 heavy (non-hydrogen) atoms. The van der Waals surface area contributed by atoms with Gasteiger partial charge >= 0.3 is 0 Å². The standard InChI is InChI=1S/C24H28N2O4S/c1-15(2)20-12-21-18(14-30-23(21)10-16(20)3)11-24(27)25-22-7-5-6-17-13-26(31(4,28)29)9-8-19(17)22/h5-7,10,12,14-15H,8-9,11,13H2,1-4H3,(H,25,27). The largest absolute Gasteiger partial charge is 0.464 e. The van der Waals surface area contributed by atoms with Crippen molar-refractivity contribution in [3.63, 3.8) is 0 Å². The summed E-state index contributed by atoms with van der Waals surface area (Å²) in [5, 5.41) is 4.00. The summed E-state index contributed by atoms with van der Waals surface area (Å²) in [6.07, 6.45) is 3.68. The Hall–Kier alpha value is -2.64. The smallest absolute Gasteiger partial charge is 0.228 e. The number of carbonyl (C=O) groups excluding carboxylic acids is 1. The van der Waals surface area contributed by atoms with Gasteiger partial charge in [-0.05, 0) is 59.7 Å². The van der Waals surface area contributed by atoms with E-state index in [1.54, 1.807) is 6.26 Å². The van der Waals surface area contributed by atoms with E-state index in [9.17, 15) is 13.2 Å². The van der Waals surface area contributed by atoms with E-state index in [1.165, 1.54) is 21.7 Å². The zero-order chi connectivity index (χ0) is 22.3. The van der Waals surface area contributed by atoms with Gasteiger partial charge in [0.2, 0.25) is 15.9 Å². The molecule has 1 amide bonds. The molecule has 1 aromatic heterocycles. The maximum absolute atomic E-state index is 12.9. The number of carbonyl (C=O) groups is 1. The average molecular weight is 441 g/mol. The second kappa shape index (κ2) is 8.13. The lowest BCUT2D eigenvalue weighted by molar-refractivity contribution is -0.115. The van der Waals surface area contributed by atoms with Crippen LogP contribution >= 0.6 is 0 Å². The van der Waals surface area contributed by atoms with E-state index in [4.69, 9.17) is 4.42 Å². The van der Waals surface area contributed by atoms with Gasteiger partial charge in [-0.15, -0.1) is 0 Å². The molecule has 0 fully saturated rings. The molecule has 2 heterocycles. The molecule has 3 aromatic rings. The van der Waals surface area contributed by atoms with E-state index in [-0.39, 0.29) is 12.3 Å². The van der Waals surface area contributed by atoms with Crippen molar-refractivity contribution in [3.8, 4) is 0 Å². The van der Waals surface area contributed by atoms with Gasteiger partial charge in [-0.1, -0.05) is 26.0 Å². The third-order valence-electron chi connectivity index (χ3n) is 5.99. The van der Waals surface area contributed by atoms with Gasteiger partial charge < -0.3 is 9.73 Å². The highest BCUT2D eigenvalue weighted by molar-refractivity contribution is 7.88. The highest BCUT2D eigenvalue weighted by Gasteiger charge is 2.25. The van der Waals surface area contributed by atoms with E-state index < -0.39 is 10.0 Å². The van der Waals surface area contributed by atoms with Crippen molar-refractivity contribution >= 4 is 32.6 Å². The monoisotopic (exact) mass is 440 g/mol. The van der Waals surface area contributed by atoms with Gasteiger partial charge in [0.05, 0.1) is 18.9 Å². The number of nitrogens with one attached hydrogen (secondary N) is 1. The Balaban J connectivity index is 1.55. The molecule has 0 aliphatic carbocycles. The van der Waals surface area contributed by atoms with Crippen molar-refractivity contribution in [2.75, 3.05) is 18.1 Å². The zero-order valence-corrected chi connectivity index (χ0v) is 19.2. The molecule has 0 bridgehead atoms. The summed E-state index contributed by atoms with van der Waals surface area (Å²) in [6.45, 7) is 7.14. The van der Waals surface area contributed by atoms with E-state index >= 15 is 0 Å².